The molecule has 1 aliphatic heterocycles. The molecule has 0 fully saturated rings. The highest BCUT2D eigenvalue weighted by Gasteiger charge is 2.22. The predicted molar refractivity (Wildman–Crippen MR) is 96.6 cm³/mol. The standard InChI is InChI=1S/C22H21NO.ClH/c1-3-7-17(8-4-1)22-16-23-14-13-18-15-20(11-12-21(18)22)24-19-9-5-2-6-10-19;/h1-12,15,22-23H,13-14,16H2;1H. The first-order valence-corrected chi connectivity index (χ1v) is 8.62. The molecule has 1 atom stereocenters. The molecule has 0 radical (unpaired) electrons. The Balaban J connectivity index is 0.00000182. The summed E-state index contributed by atoms with van der Waals surface area (Å²) in [5.74, 6) is 2.26. The highest BCUT2D eigenvalue weighted by molar-refractivity contribution is 5.44. The van der Waals surface area contributed by atoms with E-state index in [2.05, 4.69) is 53.8 Å². The normalized spacial score (nSPS) is 16.2. The fraction of sp³-hybridized carbons (Fsp3) is 0.182. The number of benzene rings is 3. The molecule has 3 aromatic carbocycles. The number of ether oxygens (including phenoxy) is 1. The van der Waals surface area contributed by atoms with Crippen LogP contribution in [0.1, 0.15) is 22.6 Å². The van der Waals surface area contributed by atoms with E-state index < -0.39 is 0 Å². The zero-order valence-electron chi connectivity index (χ0n) is 14.1. The van der Waals surface area contributed by atoms with Gasteiger partial charge in [-0.2, -0.15) is 0 Å². The quantitative estimate of drug-likeness (QED) is 0.740. The summed E-state index contributed by atoms with van der Waals surface area (Å²) >= 11 is 0. The molecule has 3 aromatic rings. The van der Waals surface area contributed by atoms with Crippen molar-refractivity contribution in [1.29, 1.82) is 0 Å². The van der Waals surface area contributed by atoms with Crippen LogP contribution in [-0.4, -0.2) is 13.1 Å². The van der Waals surface area contributed by atoms with Gasteiger partial charge in [0.25, 0.3) is 0 Å². The van der Waals surface area contributed by atoms with Gasteiger partial charge in [-0.25, -0.2) is 0 Å². The Bertz CT molecular complexity index is 805. The summed E-state index contributed by atoms with van der Waals surface area (Å²) in [5, 5.41) is 2.43. The number of quaternary nitrogens is 1. The van der Waals surface area contributed by atoms with E-state index in [1.807, 2.05) is 30.3 Å². The van der Waals surface area contributed by atoms with Crippen LogP contribution >= 0.6 is 0 Å². The molecule has 0 aliphatic carbocycles. The third kappa shape index (κ3) is 4.04. The number of nitrogens with two attached hydrogens (primary N) is 1. The molecule has 1 aliphatic rings. The van der Waals surface area contributed by atoms with Crippen molar-refractivity contribution in [2.45, 2.75) is 12.3 Å². The van der Waals surface area contributed by atoms with E-state index >= 15 is 0 Å². The number of para-hydroxylation sites is 1. The Labute approximate surface area is 155 Å². The van der Waals surface area contributed by atoms with Crippen molar-refractivity contribution in [2.24, 2.45) is 0 Å². The molecular weight excluding hydrogens is 330 g/mol. The summed E-state index contributed by atoms with van der Waals surface area (Å²) in [4.78, 5) is 0. The SMILES string of the molecule is [Cl-].c1ccc(Oc2ccc3c(c2)CC[NH2+]CC3c2ccccc2)cc1. The van der Waals surface area contributed by atoms with Crippen molar-refractivity contribution < 1.29 is 22.5 Å². The Kier molecular flexibility index (Phi) is 5.75. The van der Waals surface area contributed by atoms with Crippen LogP contribution in [0.3, 0.4) is 0 Å². The minimum Gasteiger partial charge on any atom is -1.00 e. The lowest BCUT2D eigenvalue weighted by molar-refractivity contribution is -0.654. The van der Waals surface area contributed by atoms with Gasteiger partial charge in [0.15, 0.2) is 0 Å². The smallest absolute Gasteiger partial charge is 0.127 e. The molecule has 0 spiro atoms. The lowest BCUT2D eigenvalue weighted by atomic mass is 9.88. The summed E-state index contributed by atoms with van der Waals surface area (Å²) in [6.45, 7) is 2.24. The molecule has 0 saturated heterocycles. The molecule has 1 unspecified atom stereocenters. The summed E-state index contributed by atoms with van der Waals surface area (Å²) in [6, 6.07) is 27.4. The summed E-state index contributed by atoms with van der Waals surface area (Å²) in [6.07, 6.45) is 1.09. The van der Waals surface area contributed by atoms with E-state index in [0.29, 0.717) is 5.92 Å². The Morgan fingerprint density at radius 1 is 0.800 bits per heavy atom. The van der Waals surface area contributed by atoms with Crippen molar-refractivity contribution in [3.8, 4) is 11.5 Å². The second kappa shape index (κ2) is 8.19. The highest BCUT2D eigenvalue weighted by Crippen LogP contribution is 2.31. The van der Waals surface area contributed by atoms with Gasteiger partial charge in [0.05, 0.1) is 19.0 Å². The second-order valence-corrected chi connectivity index (χ2v) is 6.30. The van der Waals surface area contributed by atoms with Crippen molar-refractivity contribution >= 4 is 0 Å². The van der Waals surface area contributed by atoms with E-state index in [1.165, 1.54) is 16.7 Å². The highest BCUT2D eigenvalue weighted by atomic mass is 35.5. The Hall–Kier alpha value is -2.29. The van der Waals surface area contributed by atoms with Crippen LogP contribution < -0.4 is 22.5 Å². The molecular formula is C22H22ClNO. The van der Waals surface area contributed by atoms with Gasteiger partial charge >= 0.3 is 0 Å². The zero-order valence-corrected chi connectivity index (χ0v) is 14.8. The van der Waals surface area contributed by atoms with Crippen LogP contribution in [0.2, 0.25) is 0 Å². The minimum atomic E-state index is 0. The number of halogens is 1. The van der Waals surface area contributed by atoms with Crippen LogP contribution in [0.25, 0.3) is 0 Å². The molecule has 0 bridgehead atoms. The first-order valence-electron chi connectivity index (χ1n) is 8.62. The topological polar surface area (TPSA) is 25.8 Å². The molecule has 1 heterocycles. The van der Waals surface area contributed by atoms with Crippen LogP contribution in [-0.2, 0) is 6.42 Å². The third-order valence-corrected chi connectivity index (χ3v) is 4.69. The molecule has 0 amide bonds. The minimum absolute atomic E-state index is 0. The maximum Gasteiger partial charge on any atom is 0.127 e. The number of hydrogen-bond acceptors (Lipinski definition) is 1. The van der Waals surface area contributed by atoms with Crippen LogP contribution in [0.5, 0.6) is 11.5 Å². The number of fused-ring (bicyclic) bond motifs is 1. The monoisotopic (exact) mass is 351 g/mol. The molecule has 4 rings (SSSR count). The van der Waals surface area contributed by atoms with Gasteiger partial charge in [0.2, 0.25) is 0 Å². The van der Waals surface area contributed by atoms with Gasteiger partial charge in [-0.05, 0) is 41.0 Å². The molecule has 2 N–H and O–H groups in total. The van der Waals surface area contributed by atoms with E-state index in [1.54, 1.807) is 0 Å². The summed E-state index contributed by atoms with van der Waals surface area (Å²) in [5.41, 5.74) is 4.25. The lowest BCUT2D eigenvalue weighted by Gasteiger charge is -2.17. The van der Waals surface area contributed by atoms with Crippen LogP contribution in [0, 0.1) is 0 Å². The molecule has 128 valence electrons. The van der Waals surface area contributed by atoms with Gasteiger partial charge in [0.1, 0.15) is 11.5 Å². The van der Waals surface area contributed by atoms with E-state index in [9.17, 15) is 0 Å². The molecule has 2 nitrogen and oxygen atoms in total. The summed E-state index contributed by atoms with van der Waals surface area (Å²) < 4.78 is 6.02. The second-order valence-electron chi connectivity index (χ2n) is 6.30. The largest absolute Gasteiger partial charge is 1.00 e. The fourth-order valence-corrected chi connectivity index (χ4v) is 3.50. The van der Waals surface area contributed by atoms with Gasteiger partial charge in [-0.3, -0.25) is 0 Å². The zero-order chi connectivity index (χ0) is 16.2. The van der Waals surface area contributed by atoms with Crippen molar-refractivity contribution in [1.82, 2.24) is 0 Å². The molecule has 25 heavy (non-hydrogen) atoms. The van der Waals surface area contributed by atoms with Crippen LogP contribution in [0.4, 0.5) is 0 Å². The lowest BCUT2D eigenvalue weighted by Crippen LogP contribution is -3.00. The maximum atomic E-state index is 6.02. The van der Waals surface area contributed by atoms with Gasteiger partial charge in [-0.15, -0.1) is 0 Å². The van der Waals surface area contributed by atoms with Gasteiger partial charge in [-0.1, -0.05) is 54.6 Å². The van der Waals surface area contributed by atoms with Gasteiger partial charge in [0, 0.05) is 6.42 Å². The first-order chi connectivity index (χ1) is 11.9. The Morgan fingerprint density at radius 3 is 2.28 bits per heavy atom. The predicted octanol–water partition coefficient (Wildman–Crippen LogP) is 0.734. The summed E-state index contributed by atoms with van der Waals surface area (Å²) in [7, 11) is 0. The third-order valence-electron chi connectivity index (χ3n) is 4.69. The molecule has 3 heteroatoms. The first kappa shape index (κ1) is 17.5. The number of rotatable bonds is 3. The number of hydrogen-bond donors (Lipinski definition) is 1. The van der Waals surface area contributed by atoms with Crippen molar-refractivity contribution in [3.05, 3.63) is 95.6 Å². The Morgan fingerprint density at radius 2 is 1.52 bits per heavy atom. The average molecular weight is 352 g/mol. The van der Waals surface area contributed by atoms with E-state index in [4.69, 9.17) is 4.74 Å². The van der Waals surface area contributed by atoms with Gasteiger partial charge < -0.3 is 22.5 Å². The molecule has 0 saturated carbocycles. The average Bonchev–Trinajstić information content (AvgIpc) is 2.85. The van der Waals surface area contributed by atoms with Crippen LogP contribution in [0.15, 0.2) is 78.9 Å². The van der Waals surface area contributed by atoms with E-state index in [0.717, 1.165) is 31.0 Å². The molecule has 0 aromatic heterocycles. The maximum absolute atomic E-state index is 6.02. The fourth-order valence-electron chi connectivity index (χ4n) is 3.50. The van der Waals surface area contributed by atoms with E-state index in [-0.39, 0.29) is 12.4 Å². The van der Waals surface area contributed by atoms with Crippen molar-refractivity contribution in [3.63, 3.8) is 0 Å². The van der Waals surface area contributed by atoms with Crippen molar-refractivity contribution in [2.75, 3.05) is 13.1 Å².